The highest BCUT2D eigenvalue weighted by Crippen LogP contribution is 2.22. The van der Waals surface area contributed by atoms with E-state index in [2.05, 4.69) is 0 Å². The second-order valence-electron chi connectivity index (χ2n) is 8.31. The zero-order valence-corrected chi connectivity index (χ0v) is 19.3. The number of carbonyl (C=O) groups excluding carboxylic acids is 4. The van der Waals surface area contributed by atoms with Crippen molar-refractivity contribution in [1.82, 2.24) is 4.90 Å². The molecule has 4 unspecified atom stereocenters. The highest BCUT2D eigenvalue weighted by atomic mass is 16.2. The molecule has 0 bridgehead atoms. The number of Topliss-reactive ketones (excluding diaryl/α,β-unsaturated/α-hetero) is 1. The number of nitrogens with zero attached hydrogens (tertiary/aromatic N) is 1. The quantitative estimate of drug-likeness (QED) is 0.0771. The number of imide groups is 1. The lowest BCUT2D eigenvalue weighted by Gasteiger charge is -2.38. The lowest BCUT2D eigenvalue weighted by molar-refractivity contribution is -0.161. The maximum Gasteiger partial charge on any atom is 0.247 e. The standard InChI is InChI=1S/C21H43N7O4/c1-21(14-29,18(30)15(25)8-2-5-11-22)28(19(31)16(26)9-3-6-12-23)20(32)17(27)10-4-7-13-24/h14-17H,2-13,22-27H2,1H3. The van der Waals surface area contributed by atoms with E-state index in [1.54, 1.807) is 0 Å². The summed E-state index contributed by atoms with van der Waals surface area (Å²) in [5, 5.41) is 0. The van der Waals surface area contributed by atoms with E-state index in [4.69, 9.17) is 34.4 Å². The minimum Gasteiger partial charge on any atom is -0.330 e. The molecule has 0 aliphatic carbocycles. The van der Waals surface area contributed by atoms with Crippen LogP contribution in [0.4, 0.5) is 0 Å². The normalized spacial score (nSPS) is 16.0. The van der Waals surface area contributed by atoms with Gasteiger partial charge in [0.05, 0.1) is 18.1 Å². The summed E-state index contributed by atoms with van der Waals surface area (Å²) in [5.41, 5.74) is 32.4. The summed E-state index contributed by atoms with van der Waals surface area (Å²) >= 11 is 0. The summed E-state index contributed by atoms with van der Waals surface area (Å²) in [6.45, 7) is 2.50. The first-order valence-electron chi connectivity index (χ1n) is 11.4. The molecule has 12 N–H and O–H groups in total. The molecule has 0 saturated heterocycles. The minimum absolute atomic E-state index is 0.244. The minimum atomic E-state index is -2.12. The lowest BCUT2D eigenvalue weighted by Crippen LogP contribution is -2.67. The van der Waals surface area contributed by atoms with Crippen molar-refractivity contribution in [3.05, 3.63) is 0 Å². The summed E-state index contributed by atoms with van der Waals surface area (Å²) in [4.78, 5) is 52.4. The molecule has 0 aromatic carbocycles. The van der Waals surface area contributed by atoms with Crippen molar-refractivity contribution >= 4 is 23.9 Å². The Bertz CT molecular complexity index is 577. The molecule has 0 aromatic rings. The van der Waals surface area contributed by atoms with Crippen molar-refractivity contribution < 1.29 is 19.2 Å². The molecular weight excluding hydrogens is 414 g/mol. The molecule has 0 aliphatic heterocycles. The van der Waals surface area contributed by atoms with Crippen LogP contribution < -0.4 is 34.4 Å². The molecule has 0 rings (SSSR count). The number of ketones is 1. The van der Waals surface area contributed by atoms with Gasteiger partial charge in [0.15, 0.2) is 17.6 Å². The van der Waals surface area contributed by atoms with E-state index in [1.807, 2.05) is 0 Å². The third kappa shape index (κ3) is 9.00. The van der Waals surface area contributed by atoms with E-state index in [1.165, 1.54) is 6.92 Å². The largest absolute Gasteiger partial charge is 0.330 e. The maximum atomic E-state index is 13.2. The van der Waals surface area contributed by atoms with Crippen LogP contribution in [0.1, 0.15) is 64.7 Å². The monoisotopic (exact) mass is 457 g/mol. The van der Waals surface area contributed by atoms with Gasteiger partial charge in [-0.05, 0) is 65.1 Å². The molecule has 186 valence electrons. The Hall–Kier alpha value is -1.76. The van der Waals surface area contributed by atoms with Gasteiger partial charge in [0.2, 0.25) is 11.8 Å². The van der Waals surface area contributed by atoms with E-state index >= 15 is 0 Å². The molecule has 11 nitrogen and oxygen atoms in total. The van der Waals surface area contributed by atoms with Crippen molar-refractivity contribution in [2.75, 3.05) is 19.6 Å². The zero-order chi connectivity index (χ0) is 24.7. The molecule has 2 amide bonds. The molecule has 0 fully saturated rings. The third-order valence-corrected chi connectivity index (χ3v) is 5.51. The number of hydrogen-bond acceptors (Lipinski definition) is 10. The van der Waals surface area contributed by atoms with E-state index in [0.29, 0.717) is 63.1 Å². The first kappa shape index (κ1) is 30.2. The third-order valence-electron chi connectivity index (χ3n) is 5.51. The topological polar surface area (TPSA) is 228 Å². The van der Waals surface area contributed by atoms with Crippen LogP contribution in [-0.2, 0) is 19.2 Å². The molecule has 0 spiro atoms. The van der Waals surface area contributed by atoms with Crippen molar-refractivity contribution in [2.45, 2.75) is 88.4 Å². The Labute approximate surface area is 190 Å². The molecule has 0 aliphatic rings. The van der Waals surface area contributed by atoms with Crippen LogP contribution in [0.3, 0.4) is 0 Å². The SMILES string of the molecule is CC(C=O)(C(=O)C(N)CCCCN)N(C(=O)C(N)CCCCN)C(=O)C(N)CCCCN. The first-order chi connectivity index (χ1) is 15.1. The number of hydrogen-bond donors (Lipinski definition) is 6. The van der Waals surface area contributed by atoms with E-state index in [0.717, 1.165) is 0 Å². The van der Waals surface area contributed by atoms with Gasteiger partial charge in [-0.2, -0.15) is 0 Å². The smallest absolute Gasteiger partial charge is 0.247 e. The number of rotatable bonds is 18. The lowest BCUT2D eigenvalue weighted by atomic mass is 9.87. The molecule has 0 saturated carbocycles. The predicted molar refractivity (Wildman–Crippen MR) is 124 cm³/mol. The van der Waals surface area contributed by atoms with E-state index in [-0.39, 0.29) is 25.5 Å². The van der Waals surface area contributed by atoms with E-state index < -0.39 is 41.3 Å². The molecule has 0 heterocycles. The van der Waals surface area contributed by atoms with Gasteiger partial charge in [0.1, 0.15) is 0 Å². The van der Waals surface area contributed by atoms with Gasteiger partial charge < -0.3 is 39.2 Å². The average Bonchev–Trinajstić information content (AvgIpc) is 2.78. The van der Waals surface area contributed by atoms with E-state index in [9.17, 15) is 19.2 Å². The number of amides is 2. The van der Waals surface area contributed by atoms with Crippen LogP contribution in [0.5, 0.6) is 0 Å². The van der Waals surface area contributed by atoms with Crippen LogP contribution in [0.2, 0.25) is 0 Å². The van der Waals surface area contributed by atoms with Crippen molar-refractivity contribution in [1.29, 1.82) is 0 Å². The maximum absolute atomic E-state index is 13.2. The fraction of sp³-hybridized carbons (Fsp3) is 0.810. The highest BCUT2D eigenvalue weighted by Gasteiger charge is 2.49. The van der Waals surface area contributed by atoms with Gasteiger partial charge >= 0.3 is 0 Å². The average molecular weight is 458 g/mol. The van der Waals surface area contributed by atoms with Gasteiger partial charge in [-0.15, -0.1) is 0 Å². The van der Waals surface area contributed by atoms with Crippen LogP contribution in [0.15, 0.2) is 0 Å². The Balaban J connectivity index is 5.91. The van der Waals surface area contributed by atoms with Gasteiger partial charge in [-0.1, -0.05) is 19.3 Å². The number of nitrogens with two attached hydrogens (primary N) is 6. The predicted octanol–water partition coefficient (Wildman–Crippen LogP) is -1.76. The Morgan fingerprint density at radius 3 is 1.38 bits per heavy atom. The second-order valence-corrected chi connectivity index (χ2v) is 8.31. The van der Waals surface area contributed by atoms with Gasteiger partial charge in [0, 0.05) is 0 Å². The summed E-state index contributed by atoms with van der Waals surface area (Å²) in [7, 11) is 0. The molecular formula is C21H43N7O4. The van der Waals surface area contributed by atoms with Gasteiger partial charge in [-0.3, -0.25) is 19.3 Å². The Kier molecular flexibility index (Phi) is 15.1. The number of unbranched alkanes of at least 4 members (excludes halogenated alkanes) is 3. The van der Waals surface area contributed by atoms with Crippen LogP contribution >= 0.6 is 0 Å². The molecule has 0 aromatic heterocycles. The Morgan fingerprint density at radius 2 is 1.06 bits per heavy atom. The van der Waals surface area contributed by atoms with Crippen molar-refractivity contribution in [3.63, 3.8) is 0 Å². The second kappa shape index (κ2) is 15.9. The van der Waals surface area contributed by atoms with Crippen molar-refractivity contribution in [3.8, 4) is 0 Å². The number of aldehydes is 1. The highest BCUT2D eigenvalue weighted by molar-refractivity contribution is 6.14. The van der Waals surface area contributed by atoms with Crippen molar-refractivity contribution in [2.24, 2.45) is 34.4 Å². The Morgan fingerprint density at radius 1 is 0.719 bits per heavy atom. The zero-order valence-electron chi connectivity index (χ0n) is 19.3. The fourth-order valence-electron chi connectivity index (χ4n) is 3.40. The summed E-state index contributed by atoms with van der Waals surface area (Å²) in [6.07, 6.45) is 4.63. The molecule has 11 heteroatoms. The fourth-order valence-corrected chi connectivity index (χ4v) is 3.40. The van der Waals surface area contributed by atoms with Gasteiger partial charge in [0.25, 0.3) is 0 Å². The summed E-state index contributed by atoms with van der Waals surface area (Å²) in [5.74, 6) is -2.41. The number of carbonyl (C=O) groups is 4. The molecule has 4 atom stereocenters. The summed E-state index contributed by atoms with van der Waals surface area (Å²) in [6, 6.07) is -3.24. The summed E-state index contributed by atoms with van der Waals surface area (Å²) < 4.78 is 0. The van der Waals surface area contributed by atoms with Crippen LogP contribution in [0.25, 0.3) is 0 Å². The molecule has 32 heavy (non-hydrogen) atoms. The van der Waals surface area contributed by atoms with Gasteiger partial charge in [-0.25, -0.2) is 0 Å². The molecule has 0 radical (unpaired) electrons. The first-order valence-corrected chi connectivity index (χ1v) is 11.4. The van der Waals surface area contributed by atoms with Crippen LogP contribution in [0, 0.1) is 0 Å². The van der Waals surface area contributed by atoms with Crippen LogP contribution in [-0.4, -0.2) is 72.1 Å².